The zero-order chi connectivity index (χ0) is 15.4. The molecule has 0 amide bonds. The van der Waals surface area contributed by atoms with E-state index in [2.05, 4.69) is 9.97 Å². The van der Waals surface area contributed by atoms with Gasteiger partial charge in [-0.2, -0.15) is 0 Å². The van der Waals surface area contributed by atoms with Crippen molar-refractivity contribution in [3.8, 4) is 0 Å². The molecule has 108 valence electrons. The number of pyridine rings is 2. The normalized spacial score (nSPS) is 10.3. The number of hydrogen-bond acceptors (Lipinski definition) is 5. The molecular weight excluding hydrogens is 277 g/mol. The molecule has 0 saturated carbocycles. The molecule has 5 nitrogen and oxygen atoms in total. The molecule has 2 aromatic heterocycles. The molecule has 0 aliphatic rings. The van der Waals surface area contributed by atoms with Crippen LogP contribution in [0.15, 0.2) is 73.3 Å². The highest BCUT2D eigenvalue weighted by Gasteiger charge is 2.15. The third kappa shape index (κ3) is 2.98. The van der Waals surface area contributed by atoms with E-state index >= 15 is 0 Å². The van der Waals surface area contributed by atoms with Crippen LogP contribution in [-0.2, 0) is 0 Å². The highest BCUT2D eigenvalue weighted by Crippen LogP contribution is 2.32. The van der Waals surface area contributed by atoms with E-state index in [1.807, 2.05) is 41.3 Å². The predicted octanol–water partition coefficient (Wildman–Crippen LogP) is 1.63. The molecule has 3 rings (SSSR count). The second-order valence-corrected chi connectivity index (χ2v) is 4.72. The number of aromatic nitrogens is 2. The first-order valence-electron chi connectivity index (χ1n) is 6.82. The van der Waals surface area contributed by atoms with E-state index in [0.717, 1.165) is 17.1 Å². The fourth-order valence-corrected chi connectivity index (χ4v) is 2.21. The van der Waals surface area contributed by atoms with Gasteiger partial charge in [0.05, 0.1) is 23.8 Å². The van der Waals surface area contributed by atoms with E-state index in [4.69, 9.17) is 0 Å². The third-order valence-corrected chi connectivity index (χ3v) is 3.26. The van der Waals surface area contributed by atoms with Crippen molar-refractivity contribution >= 4 is 29.6 Å². The summed E-state index contributed by atoms with van der Waals surface area (Å²) in [6.07, 6.45) is 6.97. The number of hydrogen-bond donors (Lipinski definition) is 2. The van der Waals surface area contributed by atoms with Crippen LogP contribution in [0.2, 0.25) is 0 Å². The highest BCUT2D eigenvalue weighted by molar-refractivity contribution is 6.58. The Morgan fingerprint density at radius 2 is 1.27 bits per heavy atom. The van der Waals surface area contributed by atoms with Crippen molar-refractivity contribution < 1.29 is 10.0 Å². The molecule has 0 saturated heterocycles. The number of nitrogens with zero attached hydrogens (tertiary/aromatic N) is 3. The first-order chi connectivity index (χ1) is 10.8. The second-order valence-electron chi connectivity index (χ2n) is 4.72. The average molecular weight is 291 g/mol. The van der Waals surface area contributed by atoms with Gasteiger partial charge in [0, 0.05) is 18.1 Å². The Kier molecular flexibility index (Phi) is 4.13. The molecule has 0 fully saturated rings. The van der Waals surface area contributed by atoms with Crippen LogP contribution in [0.4, 0.5) is 17.1 Å². The Balaban J connectivity index is 2.06. The molecule has 2 heterocycles. The Bertz CT molecular complexity index is 682. The van der Waals surface area contributed by atoms with E-state index in [9.17, 15) is 10.0 Å². The molecule has 0 radical (unpaired) electrons. The van der Waals surface area contributed by atoms with Crippen LogP contribution in [0, 0.1) is 0 Å². The van der Waals surface area contributed by atoms with Crippen molar-refractivity contribution in [2.45, 2.75) is 0 Å². The van der Waals surface area contributed by atoms with E-state index in [1.54, 1.807) is 36.9 Å². The van der Waals surface area contributed by atoms with Crippen molar-refractivity contribution in [1.82, 2.24) is 9.97 Å². The molecule has 6 heteroatoms. The average Bonchev–Trinajstić information content (AvgIpc) is 2.57. The molecule has 1 aromatic carbocycles. The minimum Gasteiger partial charge on any atom is -0.423 e. The monoisotopic (exact) mass is 291 g/mol. The van der Waals surface area contributed by atoms with Crippen molar-refractivity contribution in [2.24, 2.45) is 0 Å². The summed E-state index contributed by atoms with van der Waals surface area (Å²) in [4.78, 5) is 10.3. The van der Waals surface area contributed by atoms with Gasteiger partial charge in [0.15, 0.2) is 0 Å². The summed E-state index contributed by atoms with van der Waals surface area (Å²) in [6, 6.07) is 14.7. The van der Waals surface area contributed by atoms with Gasteiger partial charge in [0.2, 0.25) is 0 Å². The Labute approximate surface area is 128 Å². The highest BCUT2D eigenvalue weighted by atomic mass is 16.4. The summed E-state index contributed by atoms with van der Waals surface area (Å²) < 4.78 is 0. The largest absolute Gasteiger partial charge is 0.488 e. The van der Waals surface area contributed by atoms with Crippen molar-refractivity contribution in [1.29, 1.82) is 0 Å². The maximum Gasteiger partial charge on any atom is 0.488 e. The van der Waals surface area contributed by atoms with Crippen LogP contribution in [0.1, 0.15) is 0 Å². The van der Waals surface area contributed by atoms with Gasteiger partial charge in [-0.25, -0.2) is 0 Å². The molecule has 0 aliphatic carbocycles. The molecule has 2 N–H and O–H groups in total. The van der Waals surface area contributed by atoms with E-state index in [1.165, 1.54) is 0 Å². The zero-order valence-corrected chi connectivity index (χ0v) is 11.7. The Hall–Kier alpha value is -2.70. The lowest BCUT2D eigenvalue weighted by molar-refractivity contribution is 0.426. The van der Waals surface area contributed by atoms with Gasteiger partial charge in [0.1, 0.15) is 0 Å². The maximum atomic E-state index is 9.21. The van der Waals surface area contributed by atoms with Crippen LogP contribution in [0.25, 0.3) is 0 Å². The molecule has 0 unspecified atom stereocenters. The second kappa shape index (κ2) is 6.38. The fourth-order valence-electron chi connectivity index (χ4n) is 2.21. The van der Waals surface area contributed by atoms with Crippen LogP contribution in [-0.4, -0.2) is 27.1 Å². The SMILES string of the molecule is OB(O)c1ccc(N(c2cccnc2)c2cccnc2)cc1. The third-order valence-electron chi connectivity index (χ3n) is 3.26. The minimum absolute atomic E-state index is 0.445. The number of rotatable bonds is 4. The number of anilines is 3. The summed E-state index contributed by atoms with van der Waals surface area (Å²) in [5, 5.41) is 18.4. The summed E-state index contributed by atoms with van der Waals surface area (Å²) >= 11 is 0. The van der Waals surface area contributed by atoms with Gasteiger partial charge in [-0.05, 0) is 41.9 Å². The van der Waals surface area contributed by atoms with Crippen LogP contribution >= 0.6 is 0 Å². The van der Waals surface area contributed by atoms with E-state index in [-0.39, 0.29) is 0 Å². The zero-order valence-electron chi connectivity index (χ0n) is 11.7. The first-order valence-corrected chi connectivity index (χ1v) is 6.82. The molecule has 3 aromatic rings. The van der Waals surface area contributed by atoms with Gasteiger partial charge in [-0.15, -0.1) is 0 Å². The quantitative estimate of drug-likeness (QED) is 0.715. The van der Waals surface area contributed by atoms with Gasteiger partial charge in [-0.1, -0.05) is 12.1 Å². The Morgan fingerprint density at radius 1 is 0.727 bits per heavy atom. The summed E-state index contributed by atoms with van der Waals surface area (Å²) in [5.41, 5.74) is 3.12. The Morgan fingerprint density at radius 3 is 1.68 bits per heavy atom. The molecule has 0 aliphatic heterocycles. The van der Waals surface area contributed by atoms with E-state index < -0.39 is 7.12 Å². The van der Waals surface area contributed by atoms with Gasteiger partial charge in [0.25, 0.3) is 0 Å². The van der Waals surface area contributed by atoms with Crippen LogP contribution in [0.5, 0.6) is 0 Å². The summed E-state index contributed by atoms with van der Waals surface area (Å²) in [6.45, 7) is 0. The molecular formula is C16H14BN3O2. The summed E-state index contributed by atoms with van der Waals surface area (Å²) in [7, 11) is -1.47. The summed E-state index contributed by atoms with van der Waals surface area (Å²) in [5.74, 6) is 0. The molecule has 0 bridgehead atoms. The van der Waals surface area contributed by atoms with Gasteiger partial charge >= 0.3 is 7.12 Å². The fraction of sp³-hybridized carbons (Fsp3) is 0. The van der Waals surface area contributed by atoms with Crippen molar-refractivity contribution in [3.63, 3.8) is 0 Å². The van der Waals surface area contributed by atoms with Crippen molar-refractivity contribution in [3.05, 3.63) is 73.3 Å². The van der Waals surface area contributed by atoms with Gasteiger partial charge < -0.3 is 14.9 Å². The smallest absolute Gasteiger partial charge is 0.423 e. The molecule has 22 heavy (non-hydrogen) atoms. The first kappa shape index (κ1) is 14.3. The topological polar surface area (TPSA) is 69.5 Å². The predicted molar refractivity (Wildman–Crippen MR) is 86.5 cm³/mol. The lowest BCUT2D eigenvalue weighted by atomic mass is 9.80. The lowest BCUT2D eigenvalue weighted by Crippen LogP contribution is -2.29. The minimum atomic E-state index is -1.47. The standard InChI is InChI=1S/C16H14BN3O2/c21-17(22)13-5-7-14(8-6-13)20(15-3-1-9-18-11-15)16-4-2-10-19-12-16/h1-12,21-22H. The van der Waals surface area contributed by atoms with Crippen LogP contribution in [0.3, 0.4) is 0 Å². The number of benzene rings is 1. The molecule has 0 spiro atoms. The maximum absolute atomic E-state index is 9.21. The van der Waals surface area contributed by atoms with Gasteiger partial charge in [-0.3, -0.25) is 9.97 Å². The lowest BCUT2D eigenvalue weighted by Gasteiger charge is -2.24. The molecule has 0 atom stereocenters. The van der Waals surface area contributed by atoms with Crippen LogP contribution < -0.4 is 10.4 Å². The van der Waals surface area contributed by atoms with Crippen molar-refractivity contribution in [2.75, 3.05) is 4.90 Å². The van der Waals surface area contributed by atoms with E-state index in [0.29, 0.717) is 5.46 Å².